The third-order valence-electron chi connectivity index (χ3n) is 4.49. The summed E-state index contributed by atoms with van der Waals surface area (Å²) in [6.45, 7) is 6.39. The zero-order valence-electron chi connectivity index (χ0n) is 11.7. The molecule has 3 heteroatoms. The summed E-state index contributed by atoms with van der Waals surface area (Å²) in [5, 5.41) is 3.70. The molecule has 3 rings (SSSR count). The van der Waals surface area contributed by atoms with E-state index in [-0.39, 0.29) is 0 Å². The molecule has 2 fully saturated rings. The minimum Gasteiger partial charge on any atom is -0.380 e. The molecule has 1 aromatic carbocycles. The van der Waals surface area contributed by atoms with Crippen molar-refractivity contribution in [2.75, 3.05) is 26.3 Å². The smallest absolute Gasteiger partial charge is 0.0622 e. The molecule has 1 N–H and O–H groups in total. The van der Waals surface area contributed by atoms with E-state index in [1.165, 1.54) is 18.4 Å². The van der Waals surface area contributed by atoms with Crippen LogP contribution < -0.4 is 5.32 Å². The molecule has 19 heavy (non-hydrogen) atoms. The summed E-state index contributed by atoms with van der Waals surface area (Å²) < 4.78 is 5.58. The zero-order chi connectivity index (χ0) is 13.1. The molecule has 104 valence electrons. The van der Waals surface area contributed by atoms with Gasteiger partial charge in [-0.2, -0.15) is 0 Å². The fourth-order valence-corrected chi connectivity index (χ4v) is 3.29. The van der Waals surface area contributed by atoms with E-state index in [0.717, 1.165) is 26.3 Å². The van der Waals surface area contributed by atoms with Crippen molar-refractivity contribution >= 4 is 0 Å². The molecular formula is C16H24N2O. The van der Waals surface area contributed by atoms with Gasteiger partial charge in [0.2, 0.25) is 0 Å². The third kappa shape index (κ3) is 2.99. The van der Waals surface area contributed by atoms with E-state index in [0.29, 0.717) is 18.1 Å². The monoisotopic (exact) mass is 260 g/mol. The average molecular weight is 260 g/mol. The molecule has 2 heterocycles. The van der Waals surface area contributed by atoms with Crippen molar-refractivity contribution in [1.82, 2.24) is 10.2 Å². The maximum absolute atomic E-state index is 5.58. The van der Waals surface area contributed by atoms with Crippen molar-refractivity contribution in [2.24, 2.45) is 0 Å². The molecule has 0 aromatic heterocycles. The Morgan fingerprint density at radius 3 is 2.79 bits per heavy atom. The van der Waals surface area contributed by atoms with Gasteiger partial charge in [0.15, 0.2) is 0 Å². The predicted octanol–water partition coefficient (Wildman–Crippen LogP) is 2.20. The maximum Gasteiger partial charge on any atom is 0.0622 e. The summed E-state index contributed by atoms with van der Waals surface area (Å²) in [4.78, 5) is 2.66. The fraction of sp³-hybridized carbons (Fsp3) is 0.625. The summed E-state index contributed by atoms with van der Waals surface area (Å²) in [7, 11) is 0. The number of nitrogens with zero attached hydrogens (tertiary/aromatic N) is 1. The molecule has 0 aliphatic carbocycles. The van der Waals surface area contributed by atoms with Gasteiger partial charge >= 0.3 is 0 Å². The van der Waals surface area contributed by atoms with Crippen LogP contribution in [0.25, 0.3) is 0 Å². The Bertz CT molecular complexity index is 389. The molecule has 3 unspecified atom stereocenters. The van der Waals surface area contributed by atoms with Crippen LogP contribution >= 0.6 is 0 Å². The van der Waals surface area contributed by atoms with Crippen LogP contribution in [-0.2, 0) is 4.74 Å². The molecule has 0 radical (unpaired) electrons. The van der Waals surface area contributed by atoms with Gasteiger partial charge in [-0.3, -0.25) is 4.90 Å². The largest absolute Gasteiger partial charge is 0.380 e. The van der Waals surface area contributed by atoms with Crippen molar-refractivity contribution < 1.29 is 4.74 Å². The fourth-order valence-electron chi connectivity index (χ4n) is 3.29. The van der Waals surface area contributed by atoms with E-state index in [2.05, 4.69) is 47.5 Å². The zero-order valence-corrected chi connectivity index (χ0v) is 11.7. The summed E-state index contributed by atoms with van der Waals surface area (Å²) in [5.41, 5.74) is 1.40. The van der Waals surface area contributed by atoms with Crippen molar-refractivity contribution in [3.63, 3.8) is 0 Å². The Morgan fingerprint density at radius 2 is 2.05 bits per heavy atom. The molecule has 0 saturated carbocycles. The van der Waals surface area contributed by atoms with Crippen molar-refractivity contribution in [3.8, 4) is 0 Å². The SMILES string of the molecule is CC1CCNC(c2ccccc2)CN1C1CCOC1. The van der Waals surface area contributed by atoms with Crippen LogP contribution in [0.4, 0.5) is 0 Å². The van der Waals surface area contributed by atoms with Crippen LogP contribution in [0.15, 0.2) is 30.3 Å². The number of ether oxygens (including phenoxy) is 1. The van der Waals surface area contributed by atoms with Crippen LogP contribution in [0.2, 0.25) is 0 Å². The van der Waals surface area contributed by atoms with Crippen molar-refractivity contribution in [3.05, 3.63) is 35.9 Å². The summed E-state index contributed by atoms with van der Waals surface area (Å²) in [6.07, 6.45) is 2.41. The average Bonchev–Trinajstić information content (AvgIpc) is 2.90. The van der Waals surface area contributed by atoms with Crippen LogP contribution in [0.5, 0.6) is 0 Å². The van der Waals surface area contributed by atoms with Crippen LogP contribution in [-0.4, -0.2) is 43.3 Å². The summed E-state index contributed by atoms with van der Waals surface area (Å²) in [6, 6.07) is 12.5. The van der Waals surface area contributed by atoms with Gasteiger partial charge in [-0.15, -0.1) is 0 Å². The maximum atomic E-state index is 5.58. The first kappa shape index (κ1) is 13.1. The minimum atomic E-state index is 0.451. The lowest BCUT2D eigenvalue weighted by Crippen LogP contribution is -2.43. The molecule has 0 spiro atoms. The van der Waals surface area contributed by atoms with Gasteiger partial charge in [0, 0.05) is 31.3 Å². The lowest BCUT2D eigenvalue weighted by molar-refractivity contribution is 0.113. The quantitative estimate of drug-likeness (QED) is 0.882. The van der Waals surface area contributed by atoms with Gasteiger partial charge in [0.25, 0.3) is 0 Å². The molecule has 2 saturated heterocycles. The highest BCUT2D eigenvalue weighted by Gasteiger charge is 2.31. The molecular weight excluding hydrogens is 236 g/mol. The Hall–Kier alpha value is -0.900. The van der Waals surface area contributed by atoms with Crippen molar-refractivity contribution in [2.45, 2.75) is 37.9 Å². The van der Waals surface area contributed by atoms with E-state index in [1.807, 2.05) is 0 Å². The number of hydrogen-bond acceptors (Lipinski definition) is 3. The lowest BCUT2D eigenvalue weighted by Gasteiger charge is -2.33. The van der Waals surface area contributed by atoms with E-state index in [9.17, 15) is 0 Å². The molecule has 0 amide bonds. The topological polar surface area (TPSA) is 24.5 Å². The second-order valence-electron chi connectivity index (χ2n) is 5.77. The highest BCUT2D eigenvalue weighted by atomic mass is 16.5. The van der Waals surface area contributed by atoms with Crippen LogP contribution in [0.1, 0.15) is 31.4 Å². The Balaban J connectivity index is 1.75. The number of nitrogens with one attached hydrogen (secondary N) is 1. The van der Waals surface area contributed by atoms with Gasteiger partial charge in [-0.25, -0.2) is 0 Å². The molecule has 0 bridgehead atoms. The minimum absolute atomic E-state index is 0.451. The Morgan fingerprint density at radius 1 is 1.21 bits per heavy atom. The first-order chi connectivity index (χ1) is 9.34. The summed E-state index contributed by atoms with van der Waals surface area (Å²) in [5.74, 6) is 0. The normalized spacial score (nSPS) is 33.2. The molecule has 3 nitrogen and oxygen atoms in total. The second kappa shape index (κ2) is 6.04. The van der Waals surface area contributed by atoms with E-state index in [4.69, 9.17) is 4.74 Å². The molecule has 2 aliphatic rings. The van der Waals surface area contributed by atoms with Gasteiger partial charge in [0.05, 0.1) is 6.61 Å². The van der Waals surface area contributed by atoms with E-state index in [1.54, 1.807) is 0 Å². The number of hydrogen-bond donors (Lipinski definition) is 1. The Kier molecular flexibility index (Phi) is 4.16. The predicted molar refractivity (Wildman–Crippen MR) is 77.2 cm³/mol. The third-order valence-corrected chi connectivity index (χ3v) is 4.49. The van der Waals surface area contributed by atoms with Crippen LogP contribution in [0, 0.1) is 0 Å². The molecule has 2 aliphatic heterocycles. The van der Waals surface area contributed by atoms with Crippen LogP contribution in [0.3, 0.4) is 0 Å². The van der Waals surface area contributed by atoms with Gasteiger partial charge in [-0.05, 0) is 31.9 Å². The van der Waals surface area contributed by atoms with E-state index < -0.39 is 0 Å². The molecule has 3 atom stereocenters. The molecule has 1 aromatic rings. The van der Waals surface area contributed by atoms with Crippen molar-refractivity contribution in [1.29, 1.82) is 0 Å². The number of benzene rings is 1. The van der Waals surface area contributed by atoms with Gasteiger partial charge in [-0.1, -0.05) is 30.3 Å². The Labute approximate surface area is 115 Å². The first-order valence-corrected chi connectivity index (χ1v) is 7.46. The standard InChI is InChI=1S/C16H24N2O/c1-13-7-9-17-16(14-5-3-2-4-6-14)11-18(13)15-8-10-19-12-15/h2-6,13,15-17H,7-12H2,1H3. The van der Waals surface area contributed by atoms with E-state index >= 15 is 0 Å². The number of rotatable bonds is 2. The highest BCUT2D eigenvalue weighted by Crippen LogP contribution is 2.24. The summed E-state index contributed by atoms with van der Waals surface area (Å²) >= 11 is 0. The highest BCUT2D eigenvalue weighted by molar-refractivity contribution is 5.19. The first-order valence-electron chi connectivity index (χ1n) is 7.46. The lowest BCUT2D eigenvalue weighted by atomic mass is 10.0. The van der Waals surface area contributed by atoms with Gasteiger partial charge < -0.3 is 10.1 Å². The second-order valence-corrected chi connectivity index (χ2v) is 5.77. The van der Waals surface area contributed by atoms with Gasteiger partial charge in [0.1, 0.15) is 0 Å².